The molecule has 1 aliphatic heterocycles. The predicted molar refractivity (Wildman–Crippen MR) is 45.1 cm³/mol. The van der Waals surface area contributed by atoms with Crippen molar-refractivity contribution in [3.05, 3.63) is 0 Å². The molecule has 0 aromatic heterocycles. The van der Waals surface area contributed by atoms with Crippen molar-refractivity contribution in [2.75, 3.05) is 39.2 Å². The molecule has 72 valence electrons. The molecule has 5 nitrogen and oxygen atoms in total. The first-order valence-electron chi connectivity index (χ1n) is 3.82. The zero-order valence-electron chi connectivity index (χ0n) is 7.10. The number of hydrogen-bond donors (Lipinski definition) is 1. The Morgan fingerprint density at radius 2 is 1.75 bits per heavy atom. The summed E-state index contributed by atoms with van der Waals surface area (Å²) in [5, 5.41) is 8.74. The fraction of sp³-hybridized carbons (Fsp3) is 1.00. The molecule has 1 heterocycles. The van der Waals surface area contributed by atoms with E-state index in [1.165, 1.54) is 10.6 Å². The largest absolute Gasteiger partial charge is 0.381 e. The lowest BCUT2D eigenvalue weighted by Gasteiger charge is -2.31. The van der Waals surface area contributed by atoms with Gasteiger partial charge in [0.15, 0.2) is 0 Å². The summed E-state index contributed by atoms with van der Waals surface area (Å²) < 4.78 is 23.5. The molecular formula is C6H14N2O3S. The second-order valence-electron chi connectivity index (χ2n) is 2.92. The number of aliphatic hydroxyl groups excluding tert-OH is 1. The number of sulfonamides is 1. The highest BCUT2D eigenvalue weighted by Gasteiger charge is 2.22. The molecule has 1 fully saturated rings. The summed E-state index contributed by atoms with van der Waals surface area (Å²) in [6.07, 6.45) is 1.21. The van der Waals surface area contributed by atoms with E-state index in [0.717, 1.165) is 0 Å². The number of aliphatic hydroxyl groups is 1. The van der Waals surface area contributed by atoms with Gasteiger partial charge in [-0.15, -0.1) is 0 Å². The van der Waals surface area contributed by atoms with Gasteiger partial charge in [0.25, 0.3) is 0 Å². The molecule has 6 heteroatoms. The fourth-order valence-electron chi connectivity index (χ4n) is 1.20. The van der Waals surface area contributed by atoms with Gasteiger partial charge < -0.3 is 5.11 Å². The van der Waals surface area contributed by atoms with E-state index in [1.54, 1.807) is 0 Å². The van der Waals surface area contributed by atoms with E-state index in [4.69, 9.17) is 5.11 Å². The van der Waals surface area contributed by atoms with Crippen molar-refractivity contribution < 1.29 is 13.5 Å². The molecule has 1 N–H and O–H groups in total. The van der Waals surface area contributed by atoms with Gasteiger partial charge in [-0.3, -0.25) is 4.90 Å². The average molecular weight is 194 g/mol. The monoisotopic (exact) mass is 194 g/mol. The Kier molecular flexibility index (Phi) is 3.05. The van der Waals surface area contributed by atoms with Crippen LogP contribution in [-0.4, -0.2) is 61.9 Å². The molecule has 0 unspecified atom stereocenters. The molecule has 0 amide bonds. The van der Waals surface area contributed by atoms with Gasteiger partial charge in [0, 0.05) is 26.2 Å². The molecule has 1 rings (SSSR count). The van der Waals surface area contributed by atoms with Crippen molar-refractivity contribution in [2.24, 2.45) is 0 Å². The maximum atomic E-state index is 11.0. The van der Waals surface area contributed by atoms with Crippen molar-refractivity contribution in [1.82, 2.24) is 9.21 Å². The first kappa shape index (κ1) is 9.91. The van der Waals surface area contributed by atoms with Gasteiger partial charge in [-0.25, -0.2) is 8.42 Å². The normalized spacial score (nSPS) is 22.8. The number of rotatable bonds is 2. The van der Waals surface area contributed by atoms with Crippen molar-refractivity contribution in [3.8, 4) is 0 Å². The summed E-state index contributed by atoms with van der Waals surface area (Å²) in [6, 6.07) is 0. The molecule has 1 aliphatic rings. The van der Waals surface area contributed by atoms with Crippen molar-refractivity contribution in [1.29, 1.82) is 0 Å². The van der Waals surface area contributed by atoms with Crippen LogP contribution in [0.25, 0.3) is 0 Å². The summed E-state index contributed by atoms with van der Waals surface area (Å²) in [5.74, 6) is 0. The van der Waals surface area contributed by atoms with E-state index < -0.39 is 10.0 Å². The third-order valence-corrected chi connectivity index (χ3v) is 3.30. The number of piperazine rings is 1. The first-order valence-corrected chi connectivity index (χ1v) is 5.67. The van der Waals surface area contributed by atoms with Gasteiger partial charge >= 0.3 is 0 Å². The van der Waals surface area contributed by atoms with Crippen molar-refractivity contribution in [3.63, 3.8) is 0 Å². The van der Waals surface area contributed by atoms with E-state index in [-0.39, 0.29) is 6.73 Å². The molecule has 0 saturated carbocycles. The van der Waals surface area contributed by atoms with Crippen LogP contribution in [0.5, 0.6) is 0 Å². The zero-order valence-corrected chi connectivity index (χ0v) is 7.92. The second kappa shape index (κ2) is 3.69. The van der Waals surface area contributed by atoms with E-state index in [9.17, 15) is 8.42 Å². The number of hydrogen-bond acceptors (Lipinski definition) is 4. The molecule has 0 aromatic rings. The minimum Gasteiger partial charge on any atom is -0.381 e. The molecule has 1 saturated heterocycles. The first-order chi connectivity index (χ1) is 5.54. The molecule has 0 aliphatic carbocycles. The van der Waals surface area contributed by atoms with Crippen LogP contribution in [0.3, 0.4) is 0 Å². The van der Waals surface area contributed by atoms with Gasteiger partial charge in [-0.1, -0.05) is 0 Å². The van der Waals surface area contributed by atoms with Crippen LogP contribution in [0.1, 0.15) is 0 Å². The molecular weight excluding hydrogens is 180 g/mol. The Bertz CT molecular complexity index is 231. The standard InChI is InChI=1S/C6H14N2O3S/c1-12(10,11)8-4-2-7(6-9)3-5-8/h9H,2-6H2,1H3. The lowest BCUT2D eigenvalue weighted by atomic mass is 10.4. The summed E-state index contributed by atoms with van der Waals surface area (Å²) in [7, 11) is -3.03. The zero-order chi connectivity index (χ0) is 9.19. The molecule has 0 aromatic carbocycles. The molecule has 0 radical (unpaired) electrons. The smallest absolute Gasteiger partial charge is 0.211 e. The Morgan fingerprint density at radius 1 is 1.25 bits per heavy atom. The van der Waals surface area contributed by atoms with E-state index >= 15 is 0 Å². The summed E-state index contributed by atoms with van der Waals surface area (Å²) in [6.45, 7) is 2.21. The number of nitrogens with zero attached hydrogens (tertiary/aromatic N) is 2. The highest BCUT2D eigenvalue weighted by Crippen LogP contribution is 2.04. The lowest BCUT2D eigenvalue weighted by Crippen LogP contribution is -2.48. The molecule has 12 heavy (non-hydrogen) atoms. The maximum absolute atomic E-state index is 11.0. The predicted octanol–water partition coefficient (Wildman–Crippen LogP) is -1.49. The van der Waals surface area contributed by atoms with Gasteiger partial charge in [0.1, 0.15) is 0 Å². The van der Waals surface area contributed by atoms with E-state index in [1.807, 2.05) is 4.90 Å². The third-order valence-electron chi connectivity index (χ3n) is 2.00. The summed E-state index contributed by atoms with van der Waals surface area (Å²) in [4.78, 5) is 1.81. The van der Waals surface area contributed by atoms with Crippen LogP contribution in [0.4, 0.5) is 0 Å². The van der Waals surface area contributed by atoms with Crippen molar-refractivity contribution in [2.45, 2.75) is 0 Å². The van der Waals surface area contributed by atoms with Gasteiger partial charge in [-0.2, -0.15) is 4.31 Å². The van der Waals surface area contributed by atoms with Crippen LogP contribution in [-0.2, 0) is 10.0 Å². The SMILES string of the molecule is CS(=O)(=O)N1CCN(CO)CC1. The minimum absolute atomic E-state index is 0.0115. The third kappa shape index (κ3) is 2.41. The Morgan fingerprint density at radius 3 is 2.08 bits per heavy atom. The van der Waals surface area contributed by atoms with E-state index in [0.29, 0.717) is 26.2 Å². The van der Waals surface area contributed by atoms with E-state index in [2.05, 4.69) is 0 Å². The quantitative estimate of drug-likeness (QED) is 0.582. The van der Waals surface area contributed by atoms with Crippen LogP contribution in [0.15, 0.2) is 0 Å². The van der Waals surface area contributed by atoms with Gasteiger partial charge in [0.05, 0.1) is 13.0 Å². The van der Waals surface area contributed by atoms with Gasteiger partial charge in [0.2, 0.25) is 10.0 Å². The van der Waals surface area contributed by atoms with Crippen LogP contribution >= 0.6 is 0 Å². The molecule has 0 bridgehead atoms. The lowest BCUT2D eigenvalue weighted by molar-refractivity contribution is 0.0771. The summed E-state index contributed by atoms with van der Waals surface area (Å²) >= 11 is 0. The fourth-order valence-corrected chi connectivity index (χ4v) is 2.03. The van der Waals surface area contributed by atoms with Crippen LogP contribution in [0, 0.1) is 0 Å². The Balaban J connectivity index is 2.47. The Hall–Kier alpha value is -0.170. The topological polar surface area (TPSA) is 60.9 Å². The average Bonchev–Trinajstić information content (AvgIpc) is 2.03. The maximum Gasteiger partial charge on any atom is 0.211 e. The van der Waals surface area contributed by atoms with Crippen molar-refractivity contribution >= 4 is 10.0 Å². The second-order valence-corrected chi connectivity index (χ2v) is 4.90. The minimum atomic E-state index is -3.03. The highest BCUT2D eigenvalue weighted by atomic mass is 32.2. The molecule has 0 spiro atoms. The summed E-state index contributed by atoms with van der Waals surface area (Å²) in [5.41, 5.74) is 0. The van der Waals surface area contributed by atoms with Crippen LogP contribution in [0.2, 0.25) is 0 Å². The van der Waals surface area contributed by atoms with Crippen LogP contribution < -0.4 is 0 Å². The Labute approximate surface area is 72.6 Å². The molecule has 0 atom stereocenters. The highest BCUT2D eigenvalue weighted by molar-refractivity contribution is 7.88. The van der Waals surface area contributed by atoms with Gasteiger partial charge in [-0.05, 0) is 0 Å².